The third kappa shape index (κ3) is 3.23. The molecule has 0 fully saturated rings. The van der Waals surface area contributed by atoms with Crippen molar-refractivity contribution in [2.75, 3.05) is 23.9 Å². The van der Waals surface area contributed by atoms with E-state index in [2.05, 4.69) is 15.6 Å². The third-order valence-electron chi connectivity index (χ3n) is 2.67. The van der Waals surface area contributed by atoms with Crippen molar-refractivity contribution in [2.24, 2.45) is 0 Å². The van der Waals surface area contributed by atoms with E-state index in [1.54, 1.807) is 30.9 Å². The van der Waals surface area contributed by atoms with Gasteiger partial charge in [-0.05, 0) is 30.5 Å². The molecule has 6 heteroatoms. The molecule has 1 aromatic heterocycles. The van der Waals surface area contributed by atoms with E-state index in [1.165, 1.54) is 0 Å². The maximum absolute atomic E-state index is 12.3. The van der Waals surface area contributed by atoms with Crippen LogP contribution in [-0.4, -0.2) is 24.2 Å². The van der Waals surface area contributed by atoms with Crippen LogP contribution < -0.4 is 10.6 Å². The van der Waals surface area contributed by atoms with Crippen LogP contribution in [0.1, 0.15) is 10.5 Å². The quantitative estimate of drug-likeness (QED) is 0.845. The molecule has 0 unspecified atom stereocenters. The van der Waals surface area contributed by atoms with E-state index < -0.39 is 0 Å². The van der Waals surface area contributed by atoms with Gasteiger partial charge in [0.25, 0.3) is 5.91 Å². The number of carbonyl (C=O) groups excluding carboxylic acids is 1. The number of rotatable bonds is 4. The average Bonchev–Trinajstić information content (AvgIpc) is 2.48. The van der Waals surface area contributed by atoms with Crippen molar-refractivity contribution in [1.29, 1.82) is 0 Å². The Morgan fingerprint density at radius 3 is 2.70 bits per heavy atom. The standard InChI is InChI=1S/C14H14ClN3OS/c1-16-12-8-7-9(15)13(18-12)14(19)17-10-5-3-4-6-11(10)20-2/h3-8H,1-2H3,(H,16,18)(H,17,19). The Labute approximate surface area is 126 Å². The number of hydrogen-bond acceptors (Lipinski definition) is 4. The van der Waals surface area contributed by atoms with Crippen LogP contribution >= 0.6 is 23.4 Å². The number of nitrogens with one attached hydrogen (secondary N) is 2. The summed E-state index contributed by atoms with van der Waals surface area (Å²) in [5, 5.41) is 6.04. The number of nitrogens with zero attached hydrogens (tertiary/aromatic N) is 1. The Morgan fingerprint density at radius 1 is 1.25 bits per heavy atom. The van der Waals surface area contributed by atoms with Gasteiger partial charge in [0.05, 0.1) is 10.7 Å². The van der Waals surface area contributed by atoms with E-state index in [9.17, 15) is 4.79 Å². The number of para-hydroxylation sites is 1. The highest BCUT2D eigenvalue weighted by molar-refractivity contribution is 7.98. The van der Waals surface area contributed by atoms with Gasteiger partial charge in [-0.2, -0.15) is 0 Å². The second-order valence-electron chi connectivity index (χ2n) is 3.93. The Balaban J connectivity index is 2.28. The van der Waals surface area contributed by atoms with Crippen molar-refractivity contribution in [3.63, 3.8) is 0 Å². The molecular weight excluding hydrogens is 294 g/mol. The SMILES string of the molecule is CNc1ccc(Cl)c(C(=O)Nc2ccccc2SC)n1. The van der Waals surface area contributed by atoms with Crippen LogP contribution in [0.25, 0.3) is 0 Å². The predicted molar refractivity (Wildman–Crippen MR) is 85.0 cm³/mol. The Bertz CT molecular complexity index is 634. The summed E-state index contributed by atoms with van der Waals surface area (Å²) in [6, 6.07) is 11.0. The van der Waals surface area contributed by atoms with Gasteiger partial charge in [0.1, 0.15) is 11.5 Å². The van der Waals surface area contributed by atoms with Gasteiger partial charge >= 0.3 is 0 Å². The summed E-state index contributed by atoms with van der Waals surface area (Å²) in [6.07, 6.45) is 1.96. The van der Waals surface area contributed by atoms with Gasteiger partial charge in [0.2, 0.25) is 0 Å². The number of pyridine rings is 1. The largest absolute Gasteiger partial charge is 0.373 e. The van der Waals surface area contributed by atoms with Crippen molar-refractivity contribution in [1.82, 2.24) is 4.98 Å². The maximum Gasteiger partial charge on any atom is 0.275 e. The number of carbonyl (C=O) groups is 1. The lowest BCUT2D eigenvalue weighted by molar-refractivity contribution is 0.102. The molecule has 2 rings (SSSR count). The number of hydrogen-bond donors (Lipinski definition) is 2. The normalized spacial score (nSPS) is 10.2. The fraction of sp³-hybridized carbons (Fsp3) is 0.143. The van der Waals surface area contributed by atoms with Crippen LogP contribution in [0.5, 0.6) is 0 Å². The van der Waals surface area contributed by atoms with Crippen LogP contribution in [-0.2, 0) is 0 Å². The molecule has 0 aliphatic carbocycles. The second-order valence-corrected chi connectivity index (χ2v) is 5.19. The lowest BCUT2D eigenvalue weighted by Gasteiger charge is -2.10. The Morgan fingerprint density at radius 2 is 2.00 bits per heavy atom. The van der Waals surface area contributed by atoms with Crippen molar-refractivity contribution >= 4 is 40.8 Å². The molecule has 0 bridgehead atoms. The first kappa shape index (κ1) is 14.7. The van der Waals surface area contributed by atoms with E-state index in [0.717, 1.165) is 10.6 Å². The van der Waals surface area contributed by atoms with Gasteiger partial charge in [-0.15, -0.1) is 11.8 Å². The summed E-state index contributed by atoms with van der Waals surface area (Å²) >= 11 is 7.60. The van der Waals surface area contributed by atoms with E-state index in [4.69, 9.17) is 11.6 Å². The van der Waals surface area contributed by atoms with Crippen molar-refractivity contribution in [3.05, 3.63) is 47.1 Å². The van der Waals surface area contributed by atoms with E-state index in [1.807, 2.05) is 30.5 Å². The molecule has 0 atom stereocenters. The molecule has 20 heavy (non-hydrogen) atoms. The number of thioether (sulfide) groups is 1. The summed E-state index contributed by atoms with van der Waals surface area (Å²) < 4.78 is 0. The van der Waals surface area contributed by atoms with Gasteiger partial charge in [-0.1, -0.05) is 23.7 Å². The molecule has 0 radical (unpaired) electrons. The van der Waals surface area contributed by atoms with Crippen LogP contribution in [0, 0.1) is 0 Å². The monoisotopic (exact) mass is 307 g/mol. The van der Waals surface area contributed by atoms with Gasteiger partial charge in [0, 0.05) is 11.9 Å². The highest BCUT2D eigenvalue weighted by Crippen LogP contribution is 2.26. The summed E-state index contributed by atoms with van der Waals surface area (Å²) in [7, 11) is 1.74. The number of aromatic nitrogens is 1. The van der Waals surface area contributed by atoms with Crippen molar-refractivity contribution in [2.45, 2.75) is 4.90 Å². The first-order chi connectivity index (χ1) is 9.65. The molecule has 0 aliphatic heterocycles. The number of amides is 1. The fourth-order valence-electron chi connectivity index (χ4n) is 1.67. The third-order valence-corrected chi connectivity index (χ3v) is 3.77. The molecule has 0 aliphatic rings. The van der Waals surface area contributed by atoms with E-state index in [-0.39, 0.29) is 11.6 Å². The topological polar surface area (TPSA) is 54.0 Å². The highest BCUT2D eigenvalue weighted by atomic mass is 35.5. The zero-order valence-corrected chi connectivity index (χ0v) is 12.7. The Hall–Kier alpha value is -1.72. The molecule has 2 N–H and O–H groups in total. The van der Waals surface area contributed by atoms with E-state index in [0.29, 0.717) is 10.8 Å². The zero-order valence-electron chi connectivity index (χ0n) is 11.1. The van der Waals surface area contributed by atoms with E-state index >= 15 is 0 Å². The minimum Gasteiger partial charge on any atom is -0.373 e. The summed E-state index contributed by atoms with van der Waals surface area (Å²) in [5.74, 6) is 0.270. The Kier molecular flexibility index (Phi) is 4.87. The molecule has 1 aromatic carbocycles. The van der Waals surface area contributed by atoms with Crippen molar-refractivity contribution < 1.29 is 4.79 Å². The van der Waals surface area contributed by atoms with Crippen LogP contribution in [0.3, 0.4) is 0 Å². The van der Waals surface area contributed by atoms with Crippen molar-refractivity contribution in [3.8, 4) is 0 Å². The summed E-state index contributed by atoms with van der Waals surface area (Å²) in [4.78, 5) is 17.4. The molecule has 4 nitrogen and oxygen atoms in total. The minimum atomic E-state index is -0.325. The van der Waals surface area contributed by atoms with Gasteiger partial charge in [0.15, 0.2) is 0 Å². The molecular formula is C14H14ClN3OS. The fourth-order valence-corrected chi connectivity index (χ4v) is 2.41. The molecule has 0 saturated heterocycles. The summed E-state index contributed by atoms with van der Waals surface area (Å²) in [5.41, 5.74) is 0.951. The summed E-state index contributed by atoms with van der Waals surface area (Å²) in [6.45, 7) is 0. The first-order valence-electron chi connectivity index (χ1n) is 5.94. The van der Waals surface area contributed by atoms with Gasteiger partial charge in [-0.25, -0.2) is 4.98 Å². The molecule has 0 saturated carbocycles. The minimum absolute atomic E-state index is 0.203. The zero-order chi connectivity index (χ0) is 14.5. The van der Waals surface area contributed by atoms with Crippen LogP contribution in [0.2, 0.25) is 5.02 Å². The molecule has 1 heterocycles. The lowest BCUT2D eigenvalue weighted by atomic mass is 10.3. The number of benzene rings is 1. The molecule has 2 aromatic rings. The maximum atomic E-state index is 12.3. The van der Waals surface area contributed by atoms with Gasteiger partial charge in [-0.3, -0.25) is 4.79 Å². The lowest BCUT2D eigenvalue weighted by Crippen LogP contribution is -2.15. The molecule has 0 spiro atoms. The highest BCUT2D eigenvalue weighted by Gasteiger charge is 2.14. The predicted octanol–water partition coefficient (Wildman–Crippen LogP) is 3.75. The number of anilines is 2. The first-order valence-corrected chi connectivity index (χ1v) is 7.54. The smallest absolute Gasteiger partial charge is 0.275 e. The second kappa shape index (κ2) is 6.63. The van der Waals surface area contributed by atoms with Gasteiger partial charge < -0.3 is 10.6 Å². The molecule has 1 amide bonds. The molecule has 104 valence electrons. The average molecular weight is 308 g/mol. The van der Waals surface area contributed by atoms with Crippen LogP contribution in [0.4, 0.5) is 11.5 Å². The van der Waals surface area contributed by atoms with Crippen LogP contribution in [0.15, 0.2) is 41.3 Å². The number of halogens is 1.